The van der Waals surface area contributed by atoms with Crippen molar-refractivity contribution in [2.45, 2.75) is 380 Å². The highest BCUT2D eigenvalue weighted by molar-refractivity contribution is 7.47. The summed E-state index contributed by atoms with van der Waals surface area (Å²) < 4.78 is 68.5. The van der Waals surface area contributed by atoms with Crippen LogP contribution in [-0.2, 0) is 65.4 Å². The second-order valence-electron chi connectivity index (χ2n) is 26.3. The third-order valence-electron chi connectivity index (χ3n) is 16.8. The standard InChI is InChI=1S/C77H142O17P2/c1-5-9-13-17-21-25-29-33-35-39-43-47-51-55-59-63-76(81)93-72(67-87-74(79)61-57-53-49-45-41-37-31-27-23-19-15-11-7-3)69-91-95(83,84)89-65-71(78)66-90-96(85,86)92-70-73(68-88-75(80)62-58-54-50-46-42-38-32-28-24-20-16-12-8-4)94-77(82)64-60-56-52-48-44-40-36-34-30-26-22-18-14-10-6-2/h21,25,27,31,33-36,71-73,78H,5-20,22-24,26,28-30,32,37-70H2,1-4H3,(H,83,84)(H,85,86)/b25-21-,31-27-,35-33-,36-34-/t71-,72+,73+/m0/s1. The first-order valence-electron chi connectivity index (χ1n) is 38.9. The van der Waals surface area contributed by atoms with Crippen LogP contribution in [0.4, 0.5) is 0 Å². The van der Waals surface area contributed by atoms with Crippen molar-refractivity contribution in [3.05, 3.63) is 48.6 Å². The maximum Gasteiger partial charge on any atom is 0.472 e. The molecule has 0 radical (unpaired) electrons. The molecule has 19 heteroatoms. The number of phosphoric ester groups is 2. The molecular weight excluding hydrogens is 1260 g/mol. The number of phosphoric acid groups is 2. The van der Waals surface area contributed by atoms with Crippen LogP contribution in [0, 0.1) is 0 Å². The number of hydrogen-bond acceptors (Lipinski definition) is 15. The minimum atomic E-state index is -4.97. The van der Waals surface area contributed by atoms with Gasteiger partial charge in [0.2, 0.25) is 0 Å². The third-order valence-corrected chi connectivity index (χ3v) is 18.7. The molecule has 5 atom stereocenters. The number of ether oxygens (including phenoxy) is 4. The molecule has 2 unspecified atom stereocenters. The van der Waals surface area contributed by atoms with Crippen molar-refractivity contribution in [2.75, 3.05) is 39.6 Å². The van der Waals surface area contributed by atoms with Crippen molar-refractivity contribution in [3.63, 3.8) is 0 Å². The summed E-state index contributed by atoms with van der Waals surface area (Å²) in [7, 11) is -9.94. The van der Waals surface area contributed by atoms with E-state index < -0.39 is 97.5 Å². The van der Waals surface area contributed by atoms with Gasteiger partial charge < -0.3 is 33.8 Å². The molecule has 0 aliphatic heterocycles. The number of allylic oxidation sites excluding steroid dienone is 8. The summed E-state index contributed by atoms with van der Waals surface area (Å²) in [6, 6.07) is 0. The zero-order chi connectivity index (χ0) is 70.4. The molecule has 0 heterocycles. The van der Waals surface area contributed by atoms with Gasteiger partial charge in [0.25, 0.3) is 0 Å². The number of rotatable bonds is 74. The first-order valence-corrected chi connectivity index (χ1v) is 41.9. The van der Waals surface area contributed by atoms with E-state index in [1.54, 1.807) is 0 Å². The Morgan fingerprint density at radius 3 is 0.812 bits per heavy atom. The van der Waals surface area contributed by atoms with Crippen molar-refractivity contribution in [2.24, 2.45) is 0 Å². The first-order chi connectivity index (χ1) is 46.7. The summed E-state index contributed by atoms with van der Waals surface area (Å²) in [5.74, 6) is -2.17. The molecule has 96 heavy (non-hydrogen) atoms. The van der Waals surface area contributed by atoms with E-state index in [2.05, 4.69) is 76.3 Å². The highest BCUT2D eigenvalue weighted by Crippen LogP contribution is 2.45. The van der Waals surface area contributed by atoms with E-state index in [1.165, 1.54) is 141 Å². The summed E-state index contributed by atoms with van der Waals surface area (Å²) in [4.78, 5) is 72.8. The fraction of sp³-hybridized carbons (Fsp3) is 0.844. The summed E-state index contributed by atoms with van der Waals surface area (Å²) in [6.45, 7) is 4.86. The van der Waals surface area contributed by atoms with Gasteiger partial charge in [-0.3, -0.25) is 37.3 Å². The molecule has 0 aliphatic rings. The summed E-state index contributed by atoms with van der Waals surface area (Å²) in [5, 5.41) is 10.6. The monoisotopic (exact) mass is 1400 g/mol. The van der Waals surface area contributed by atoms with E-state index in [0.717, 1.165) is 141 Å². The fourth-order valence-corrected chi connectivity index (χ4v) is 12.3. The quantitative estimate of drug-likeness (QED) is 0.0169. The summed E-state index contributed by atoms with van der Waals surface area (Å²) in [6.07, 6.45) is 66.6. The lowest BCUT2D eigenvalue weighted by Crippen LogP contribution is -2.30. The lowest BCUT2D eigenvalue weighted by Gasteiger charge is -2.21. The van der Waals surface area contributed by atoms with Gasteiger partial charge in [-0.05, 0) is 109 Å². The molecule has 17 nitrogen and oxygen atoms in total. The van der Waals surface area contributed by atoms with Gasteiger partial charge in [0.05, 0.1) is 26.4 Å². The Balaban J connectivity index is 5.33. The van der Waals surface area contributed by atoms with E-state index in [9.17, 15) is 43.2 Å². The maximum atomic E-state index is 13.1. The molecular formula is C77H142O17P2. The molecule has 0 rings (SSSR count). The van der Waals surface area contributed by atoms with Gasteiger partial charge in [-0.2, -0.15) is 0 Å². The molecule has 0 aromatic heterocycles. The minimum absolute atomic E-state index is 0.0819. The Hall–Kier alpha value is -2.98. The number of hydrogen-bond donors (Lipinski definition) is 3. The average Bonchev–Trinajstić information content (AvgIpc) is 1.19. The van der Waals surface area contributed by atoms with Crippen molar-refractivity contribution in [1.82, 2.24) is 0 Å². The molecule has 0 spiro atoms. The van der Waals surface area contributed by atoms with Crippen molar-refractivity contribution in [1.29, 1.82) is 0 Å². The minimum Gasteiger partial charge on any atom is -0.462 e. The van der Waals surface area contributed by atoms with Gasteiger partial charge in [-0.1, -0.05) is 275 Å². The third kappa shape index (κ3) is 69.5. The summed E-state index contributed by atoms with van der Waals surface area (Å²) >= 11 is 0. The van der Waals surface area contributed by atoms with E-state index in [4.69, 9.17) is 37.0 Å². The predicted molar refractivity (Wildman–Crippen MR) is 390 cm³/mol. The molecule has 0 bridgehead atoms. The second-order valence-corrected chi connectivity index (χ2v) is 29.2. The van der Waals surface area contributed by atoms with Crippen molar-refractivity contribution in [3.8, 4) is 0 Å². The largest absolute Gasteiger partial charge is 0.472 e. The number of unbranched alkanes of at least 4 members (excludes halogenated alkanes) is 40. The first kappa shape index (κ1) is 93.0. The van der Waals surface area contributed by atoms with E-state index in [-0.39, 0.29) is 25.7 Å². The highest BCUT2D eigenvalue weighted by atomic mass is 31.2. The molecule has 3 N–H and O–H groups in total. The molecule has 0 saturated carbocycles. The molecule has 0 aromatic carbocycles. The van der Waals surface area contributed by atoms with Gasteiger partial charge in [0.15, 0.2) is 12.2 Å². The van der Waals surface area contributed by atoms with Crippen LogP contribution < -0.4 is 0 Å². The van der Waals surface area contributed by atoms with Gasteiger partial charge in [0, 0.05) is 25.7 Å². The lowest BCUT2D eigenvalue weighted by molar-refractivity contribution is -0.161. The van der Waals surface area contributed by atoms with Gasteiger partial charge in [-0.15, -0.1) is 0 Å². The molecule has 0 amide bonds. The number of carbonyl (C=O) groups is 4. The normalized spacial score (nSPS) is 14.2. The van der Waals surface area contributed by atoms with Crippen LogP contribution in [0.15, 0.2) is 48.6 Å². The second kappa shape index (κ2) is 70.5. The van der Waals surface area contributed by atoms with Crippen LogP contribution in [0.1, 0.15) is 362 Å². The predicted octanol–water partition coefficient (Wildman–Crippen LogP) is 22.1. The molecule has 0 saturated heterocycles. The SMILES string of the molecule is CCCCC/C=C\C/C=C\CCCCCCCC(=O)O[C@H](COC(=O)CCCCCCC/C=C\CCCCCC)COP(=O)(O)OC[C@H](O)COP(=O)(O)OC[C@@H](COC(=O)CCCCCCCCCCCCCCC)OC(=O)CCCCCCC/C=C\CCCCCCCC. The molecule has 0 fully saturated rings. The van der Waals surface area contributed by atoms with Crippen molar-refractivity contribution >= 4 is 39.5 Å². The van der Waals surface area contributed by atoms with Crippen LogP contribution in [0.25, 0.3) is 0 Å². The van der Waals surface area contributed by atoms with Gasteiger partial charge in [0.1, 0.15) is 19.3 Å². The Morgan fingerprint density at radius 2 is 0.510 bits per heavy atom. The van der Waals surface area contributed by atoms with Gasteiger partial charge in [-0.25, -0.2) is 9.13 Å². The molecule has 562 valence electrons. The number of esters is 4. The van der Waals surface area contributed by atoms with Crippen LogP contribution in [0.5, 0.6) is 0 Å². The summed E-state index contributed by atoms with van der Waals surface area (Å²) in [5.41, 5.74) is 0. The van der Waals surface area contributed by atoms with Crippen LogP contribution in [-0.4, -0.2) is 96.7 Å². The maximum absolute atomic E-state index is 13.1. The van der Waals surface area contributed by atoms with Crippen LogP contribution in [0.3, 0.4) is 0 Å². The van der Waals surface area contributed by atoms with Crippen molar-refractivity contribution < 1.29 is 80.2 Å². The lowest BCUT2D eigenvalue weighted by atomic mass is 10.0. The van der Waals surface area contributed by atoms with E-state index >= 15 is 0 Å². The zero-order valence-electron chi connectivity index (χ0n) is 61.3. The Labute approximate surface area is 585 Å². The van der Waals surface area contributed by atoms with E-state index in [0.29, 0.717) is 25.7 Å². The Bertz CT molecular complexity index is 2010. The molecule has 0 aliphatic carbocycles. The smallest absolute Gasteiger partial charge is 0.462 e. The number of aliphatic hydroxyl groups is 1. The van der Waals surface area contributed by atoms with Crippen LogP contribution in [0.2, 0.25) is 0 Å². The average molecular weight is 1400 g/mol. The topological polar surface area (TPSA) is 237 Å². The van der Waals surface area contributed by atoms with Gasteiger partial charge >= 0.3 is 39.5 Å². The fourth-order valence-electron chi connectivity index (χ4n) is 10.8. The number of aliphatic hydroxyl groups excluding tert-OH is 1. The Kier molecular flexibility index (Phi) is 68.3. The number of carbonyl (C=O) groups excluding carboxylic acids is 4. The van der Waals surface area contributed by atoms with E-state index in [1.807, 2.05) is 0 Å². The zero-order valence-corrected chi connectivity index (χ0v) is 63.1. The highest BCUT2D eigenvalue weighted by Gasteiger charge is 2.30. The van der Waals surface area contributed by atoms with Crippen LogP contribution >= 0.6 is 15.6 Å². The Morgan fingerprint density at radius 1 is 0.292 bits per heavy atom. The molecule has 0 aromatic rings.